The van der Waals surface area contributed by atoms with Crippen molar-refractivity contribution in [3.05, 3.63) is 82.4 Å². The third-order valence-corrected chi connectivity index (χ3v) is 4.87. The molecule has 0 unspecified atom stereocenters. The number of aromatic hydroxyl groups is 1. The monoisotopic (exact) mass is 409 g/mol. The summed E-state index contributed by atoms with van der Waals surface area (Å²) in [5.74, 6) is 0.962. The molecule has 4 aromatic rings. The molecule has 0 fully saturated rings. The van der Waals surface area contributed by atoms with Gasteiger partial charge in [-0.1, -0.05) is 0 Å². The molecular weight excluding hydrogens is 393 g/mol. The summed E-state index contributed by atoms with van der Waals surface area (Å²) in [6.07, 6.45) is 3.09. The molecule has 146 valence electrons. The van der Waals surface area contributed by atoms with Gasteiger partial charge in [0.15, 0.2) is 5.76 Å². The molecule has 0 bridgehead atoms. The fraction of sp³-hybridized carbons (Fsp3) is 0.0476. The van der Waals surface area contributed by atoms with E-state index in [2.05, 4.69) is 10.1 Å². The zero-order valence-corrected chi connectivity index (χ0v) is 16.1. The first kappa shape index (κ1) is 18.7. The lowest BCUT2D eigenvalue weighted by Crippen LogP contribution is -2.11. The second-order valence-corrected chi connectivity index (χ2v) is 6.79. The van der Waals surface area contributed by atoms with Crippen LogP contribution in [0.3, 0.4) is 0 Å². The average molecular weight is 409 g/mol. The van der Waals surface area contributed by atoms with E-state index in [1.165, 1.54) is 35.8 Å². The van der Waals surface area contributed by atoms with Crippen molar-refractivity contribution < 1.29 is 18.7 Å². The summed E-state index contributed by atoms with van der Waals surface area (Å²) in [5.41, 5.74) is 1.77. The molecule has 2 aromatic carbocycles. The molecular formula is C21H16FN3O3S. The lowest BCUT2D eigenvalue weighted by molar-refractivity contribution is 0.412. The number of hydrogen-bond acceptors (Lipinski definition) is 6. The summed E-state index contributed by atoms with van der Waals surface area (Å²) in [5, 5.41) is 16.5. The lowest BCUT2D eigenvalue weighted by Gasteiger charge is -2.04. The van der Waals surface area contributed by atoms with Crippen LogP contribution in [0.5, 0.6) is 11.5 Å². The number of halogens is 1. The smallest absolute Gasteiger partial charge is 0.211 e. The van der Waals surface area contributed by atoms with Crippen molar-refractivity contribution in [1.82, 2.24) is 4.68 Å². The average Bonchev–Trinajstić information content (AvgIpc) is 3.39. The van der Waals surface area contributed by atoms with E-state index in [4.69, 9.17) is 9.15 Å². The Morgan fingerprint density at radius 1 is 1.17 bits per heavy atom. The summed E-state index contributed by atoms with van der Waals surface area (Å²) < 4.78 is 25.5. The summed E-state index contributed by atoms with van der Waals surface area (Å²) in [6, 6.07) is 14.3. The molecule has 0 aliphatic carbocycles. The Labute approximate surface area is 169 Å². The van der Waals surface area contributed by atoms with E-state index in [9.17, 15) is 9.50 Å². The van der Waals surface area contributed by atoms with Gasteiger partial charge in [0.05, 0.1) is 25.3 Å². The van der Waals surface area contributed by atoms with Crippen LogP contribution in [0.1, 0.15) is 5.56 Å². The van der Waals surface area contributed by atoms with E-state index in [1.807, 2.05) is 11.4 Å². The van der Waals surface area contributed by atoms with Crippen molar-refractivity contribution in [2.24, 2.45) is 10.1 Å². The molecule has 8 heteroatoms. The van der Waals surface area contributed by atoms with Crippen LogP contribution in [-0.4, -0.2) is 23.1 Å². The Bertz CT molecular complexity index is 1210. The van der Waals surface area contributed by atoms with Crippen LogP contribution < -0.4 is 9.54 Å². The van der Waals surface area contributed by atoms with Gasteiger partial charge in [-0.2, -0.15) is 5.10 Å². The van der Waals surface area contributed by atoms with Crippen LogP contribution in [0.2, 0.25) is 0 Å². The van der Waals surface area contributed by atoms with Gasteiger partial charge in [0.2, 0.25) is 4.80 Å². The maximum atomic E-state index is 13.2. The number of phenolic OH excluding ortho intramolecular Hbond substituents is 1. The minimum absolute atomic E-state index is 0.0713. The van der Waals surface area contributed by atoms with Crippen molar-refractivity contribution in [3.63, 3.8) is 0 Å². The third kappa shape index (κ3) is 4.12. The van der Waals surface area contributed by atoms with Gasteiger partial charge >= 0.3 is 0 Å². The molecule has 0 aliphatic rings. The summed E-state index contributed by atoms with van der Waals surface area (Å²) in [7, 11) is 1.55. The Balaban J connectivity index is 1.82. The van der Waals surface area contributed by atoms with Gasteiger partial charge in [0.1, 0.15) is 23.0 Å². The number of benzene rings is 2. The number of furan rings is 1. The van der Waals surface area contributed by atoms with Gasteiger partial charge in [-0.15, -0.1) is 11.3 Å². The highest BCUT2D eigenvalue weighted by Gasteiger charge is 2.10. The highest BCUT2D eigenvalue weighted by atomic mass is 32.1. The minimum Gasteiger partial charge on any atom is -0.507 e. The van der Waals surface area contributed by atoms with Crippen LogP contribution in [-0.2, 0) is 0 Å². The van der Waals surface area contributed by atoms with Crippen LogP contribution in [0.15, 0.2) is 80.8 Å². The van der Waals surface area contributed by atoms with Crippen LogP contribution in [0.4, 0.5) is 10.1 Å². The van der Waals surface area contributed by atoms with Gasteiger partial charge in [-0.25, -0.2) is 14.1 Å². The normalized spacial score (nSPS) is 12.0. The fourth-order valence-electron chi connectivity index (χ4n) is 2.59. The Morgan fingerprint density at radius 2 is 2.00 bits per heavy atom. The maximum Gasteiger partial charge on any atom is 0.211 e. The van der Waals surface area contributed by atoms with Crippen molar-refractivity contribution in [2.75, 3.05) is 7.11 Å². The first-order valence-corrected chi connectivity index (χ1v) is 9.48. The number of nitrogens with zero attached hydrogens (tertiary/aromatic N) is 3. The molecule has 0 amide bonds. The molecule has 0 spiro atoms. The number of rotatable bonds is 5. The number of hydrogen-bond donors (Lipinski definition) is 1. The van der Waals surface area contributed by atoms with E-state index >= 15 is 0 Å². The van der Waals surface area contributed by atoms with Crippen molar-refractivity contribution >= 4 is 23.2 Å². The van der Waals surface area contributed by atoms with E-state index in [1.54, 1.807) is 48.4 Å². The van der Waals surface area contributed by atoms with E-state index in [-0.39, 0.29) is 11.6 Å². The predicted octanol–water partition coefficient (Wildman–Crippen LogP) is 4.78. The molecule has 0 atom stereocenters. The summed E-state index contributed by atoms with van der Waals surface area (Å²) in [4.78, 5) is 5.11. The molecule has 0 aliphatic heterocycles. The third-order valence-electron chi connectivity index (χ3n) is 4.06. The Kier molecular flexibility index (Phi) is 5.26. The van der Waals surface area contributed by atoms with Gasteiger partial charge in [-0.05, 0) is 54.6 Å². The maximum absolute atomic E-state index is 13.2. The van der Waals surface area contributed by atoms with Crippen LogP contribution in [0.25, 0.3) is 11.5 Å². The zero-order valence-electron chi connectivity index (χ0n) is 15.3. The molecule has 0 radical (unpaired) electrons. The highest BCUT2D eigenvalue weighted by molar-refractivity contribution is 7.07. The molecule has 2 heterocycles. The van der Waals surface area contributed by atoms with Crippen molar-refractivity contribution in [1.29, 1.82) is 0 Å². The molecule has 4 rings (SSSR count). The number of phenols is 1. The standard InChI is InChI=1S/C21H16FN3O3S/c1-27-17-8-9-19(26)14(11-17)12-23-25-18(20-3-2-10-28-20)13-29-21(25)24-16-6-4-15(22)5-7-16/h2-13,26H,1H3. The Morgan fingerprint density at radius 3 is 2.72 bits per heavy atom. The van der Waals surface area contributed by atoms with Crippen molar-refractivity contribution in [3.8, 4) is 23.0 Å². The molecule has 1 N–H and O–H groups in total. The van der Waals surface area contributed by atoms with E-state index in [0.29, 0.717) is 33.3 Å². The van der Waals surface area contributed by atoms with E-state index in [0.717, 1.165) is 0 Å². The first-order valence-electron chi connectivity index (χ1n) is 8.60. The van der Waals surface area contributed by atoms with Gasteiger partial charge in [-0.3, -0.25) is 0 Å². The zero-order chi connectivity index (χ0) is 20.2. The largest absolute Gasteiger partial charge is 0.507 e. The fourth-order valence-corrected chi connectivity index (χ4v) is 3.43. The first-order chi connectivity index (χ1) is 14.1. The molecule has 29 heavy (non-hydrogen) atoms. The second-order valence-electron chi connectivity index (χ2n) is 5.95. The number of methoxy groups -OCH3 is 1. The molecule has 6 nitrogen and oxygen atoms in total. The van der Waals surface area contributed by atoms with Crippen molar-refractivity contribution in [2.45, 2.75) is 0 Å². The van der Waals surface area contributed by atoms with Gasteiger partial charge in [0, 0.05) is 10.9 Å². The Hall–Kier alpha value is -3.65. The second kappa shape index (κ2) is 8.15. The summed E-state index contributed by atoms with van der Waals surface area (Å²) >= 11 is 1.36. The molecule has 2 aromatic heterocycles. The number of thiazole rings is 1. The van der Waals surface area contributed by atoms with Crippen LogP contribution in [0, 0.1) is 5.82 Å². The van der Waals surface area contributed by atoms with E-state index < -0.39 is 0 Å². The topological polar surface area (TPSA) is 72.2 Å². The predicted molar refractivity (Wildman–Crippen MR) is 109 cm³/mol. The number of aromatic nitrogens is 1. The molecule has 0 saturated carbocycles. The lowest BCUT2D eigenvalue weighted by atomic mass is 10.2. The minimum atomic E-state index is -0.328. The van der Waals surface area contributed by atoms with Gasteiger partial charge < -0.3 is 14.3 Å². The number of ether oxygens (including phenoxy) is 1. The quantitative estimate of drug-likeness (QED) is 0.482. The van der Waals surface area contributed by atoms with Gasteiger partial charge in [0.25, 0.3) is 0 Å². The van der Waals surface area contributed by atoms with Crippen LogP contribution >= 0.6 is 11.3 Å². The highest BCUT2D eigenvalue weighted by Crippen LogP contribution is 2.23. The summed E-state index contributed by atoms with van der Waals surface area (Å²) in [6.45, 7) is 0. The SMILES string of the molecule is COc1ccc(O)c(C=Nn2c(-c3ccco3)csc2=Nc2ccc(F)cc2)c1. The molecule has 0 saturated heterocycles.